The van der Waals surface area contributed by atoms with Gasteiger partial charge in [-0.2, -0.15) is 0 Å². The van der Waals surface area contributed by atoms with Crippen LogP contribution in [-0.2, 0) is 0 Å². The molecule has 82 valence electrons. The van der Waals surface area contributed by atoms with E-state index in [9.17, 15) is 0 Å². The van der Waals surface area contributed by atoms with Gasteiger partial charge in [0.15, 0.2) is 0 Å². The molecule has 0 atom stereocenters. The van der Waals surface area contributed by atoms with Crippen LogP contribution in [0.1, 0.15) is 19.3 Å². The predicted octanol–water partition coefficient (Wildman–Crippen LogP) is 1.88. The summed E-state index contributed by atoms with van der Waals surface area (Å²) in [5, 5.41) is 6.75. The highest BCUT2D eigenvalue weighted by molar-refractivity contribution is 5.32. The van der Waals surface area contributed by atoms with Crippen LogP contribution in [0.3, 0.4) is 0 Å². The lowest BCUT2D eigenvalue weighted by Gasteiger charge is -2.22. The van der Waals surface area contributed by atoms with Crippen LogP contribution >= 0.6 is 0 Å². The monoisotopic (exact) mass is 205 g/mol. The number of anilines is 1. The average molecular weight is 205 g/mol. The molecule has 1 fully saturated rings. The normalized spacial score (nSPS) is 17.6. The first-order valence-electron chi connectivity index (χ1n) is 5.81. The van der Waals surface area contributed by atoms with Crippen LogP contribution in [0, 0.1) is 5.92 Å². The molecular weight excluding hydrogens is 186 g/mol. The topological polar surface area (TPSA) is 37.0 Å². The Morgan fingerprint density at radius 2 is 2.20 bits per heavy atom. The largest absolute Gasteiger partial charge is 0.370 e. The molecule has 1 aliphatic heterocycles. The lowest BCUT2D eigenvalue weighted by molar-refractivity contribution is 0.361. The van der Waals surface area contributed by atoms with Crippen molar-refractivity contribution in [2.24, 2.45) is 5.92 Å². The van der Waals surface area contributed by atoms with Gasteiger partial charge < -0.3 is 10.6 Å². The van der Waals surface area contributed by atoms with E-state index in [1.807, 2.05) is 24.4 Å². The minimum atomic E-state index is 0.891. The van der Waals surface area contributed by atoms with Crippen LogP contribution in [0.2, 0.25) is 0 Å². The number of piperidine rings is 1. The quantitative estimate of drug-likeness (QED) is 0.788. The van der Waals surface area contributed by atoms with Crippen LogP contribution in [0.25, 0.3) is 0 Å². The molecule has 2 N–H and O–H groups in total. The second-order valence-electron chi connectivity index (χ2n) is 4.12. The number of hydrogen-bond acceptors (Lipinski definition) is 3. The van der Waals surface area contributed by atoms with E-state index in [0.717, 1.165) is 18.3 Å². The van der Waals surface area contributed by atoms with Crippen molar-refractivity contribution in [3.8, 4) is 0 Å². The summed E-state index contributed by atoms with van der Waals surface area (Å²) < 4.78 is 0. The van der Waals surface area contributed by atoms with E-state index >= 15 is 0 Å². The third kappa shape index (κ3) is 3.51. The molecule has 1 aromatic rings. The zero-order chi connectivity index (χ0) is 10.3. The number of rotatable bonds is 4. The Kier molecular flexibility index (Phi) is 3.97. The number of aromatic nitrogens is 1. The van der Waals surface area contributed by atoms with Gasteiger partial charge in [-0.3, -0.25) is 0 Å². The Morgan fingerprint density at radius 3 is 2.93 bits per heavy atom. The van der Waals surface area contributed by atoms with Gasteiger partial charge in [-0.05, 0) is 50.4 Å². The molecule has 2 heterocycles. The van der Waals surface area contributed by atoms with Crippen LogP contribution in [0.5, 0.6) is 0 Å². The molecular formula is C12H19N3. The summed E-state index contributed by atoms with van der Waals surface area (Å²) in [6.45, 7) is 3.42. The van der Waals surface area contributed by atoms with E-state index in [4.69, 9.17) is 0 Å². The summed E-state index contributed by atoms with van der Waals surface area (Å²) in [7, 11) is 0. The van der Waals surface area contributed by atoms with Crippen molar-refractivity contribution in [1.29, 1.82) is 0 Å². The fourth-order valence-electron chi connectivity index (χ4n) is 2.04. The zero-order valence-corrected chi connectivity index (χ0v) is 9.08. The predicted molar refractivity (Wildman–Crippen MR) is 62.9 cm³/mol. The molecule has 0 radical (unpaired) electrons. The van der Waals surface area contributed by atoms with E-state index in [0.29, 0.717) is 0 Å². The number of nitrogens with zero attached hydrogens (tertiary/aromatic N) is 1. The summed E-state index contributed by atoms with van der Waals surface area (Å²) in [5.41, 5.74) is 0. The molecule has 0 saturated carbocycles. The van der Waals surface area contributed by atoms with Gasteiger partial charge in [-0.25, -0.2) is 4.98 Å². The summed E-state index contributed by atoms with van der Waals surface area (Å²) in [5.74, 6) is 1.88. The molecule has 0 amide bonds. The van der Waals surface area contributed by atoms with E-state index < -0.39 is 0 Å². The van der Waals surface area contributed by atoms with Crippen LogP contribution in [0.4, 0.5) is 5.82 Å². The van der Waals surface area contributed by atoms with Crippen molar-refractivity contribution in [1.82, 2.24) is 10.3 Å². The molecule has 2 rings (SSSR count). The first kappa shape index (κ1) is 10.4. The second-order valence-corrected chi connectivity index (χ2v) is 4.12. The van der Waals surface area contributed by atoms with E-state index in [2.05, 4.69) is 15.6 Å². The zero-order valence-electron chi connectivity index (χ0n) is 9.08. The first-order valence-corrected chi connectivity index (χ1v) is 5.81. The van der Waals surface area contributed by atoms with Crippen molar-refractivity contribution in [2.45, 2.75) is 19.3 Å². The third-order valence-electron chi connectivity index (χ3n) is 2.98. The fourth-order valence-corrected chi connectivity index (χ4v) is 2.04. The summed E-state index contributed by atoms with van der Waals surface area (Å²) in [4.78, 5) is 4.24. The van der Waals surface area contributed by atoms with Crippen molar-refractivity contribution < 1.29 is 0 Å². The Balaban J connectivity index is 1.66. The van der Waals surface area contributed by atoms with Crippen LogP contribution in [0.15, 0.2) is 24.4 Å². The minimum absolute atomic E-state index is 0.891. The standard InChI is InChI=1S/C12H19N3/c1-2-7-14-12(3-1)15-10-6-11-4-8-13-9-5-11/h1-3,7,11,13H,4-6,8-10H2,(H,14,15). The fraction of sp³-hybridized carbons (Fsp3) is 0.583. The Hall–Kier alpha value is -1.09. The second kappa shape index (κ2) is 5.71. The first-order chi connectivity index (χ1) is 7.45. The Morgan fingerprint density at radius 1 is 1.33 bits per heavy atom. The van der Waals surface area contributed by atoms with Crippen molar-refractivity contribution in [3.05, 3.63) is 24.4 Å². The van der Waals surface area contributed by atoms with Gasteiger partial charge in [0.05, 0.1) is 0 Å². The van der Waals surface area contributed by atoms with E-state index in [1.54, 1.807) is 0 Å². The number of hydrogen-bond donors (Lipinski definition) is 2. The Bertz CT molecular complexity index is 267. The van der Waals surface area contributed by atoms with Crippen molar-refractivity contribution in [2.75, 3.05) is 25.0 Å². The highest BCUT2D eigenvalue weighted by atomic mass is 15.0. The van der Waals surface area contributed by atoms with Crippen LogP contribution < -0.4 is 10.6 Å². The van der Waals surface area contributed by atoms with E-state index in [-0.39, 0.29) is 0 Å². The summed E-state index contributed by atoms with van der Waals surface area (Å²) in [6.07, 6.45) is 5.74. The SMILES string of the molecule is c1ccc(NCCC2CCNCC2)nc1. The molecule has 0 spiro atoms. The van der Waals surface area contributed by atoms with Gasteiger partial charge in [-0.1, -0.05) is 6.07 Å². The van der Waals surface area contributed by atoms with Gasteiger partial charge >= 0.3 is 0 Å². The van der Waals surface area contributed by atoms with Gasteiger partial charge in [0.25, 0.3) is 0 Å². The smallest absolute Gasteiger partial charge is 0.125 e. The maximum atomic E-state index is 4.24. The lowest BCUT2D eigenvalue weighted by Crippen LogP contribution is -2.28. The van der Waals surface area contributed by atoms with Gasteiger partial charge in [0.2, 0.25) is 0 Å². The van der Waals surface area contributed by atoms with Crippen LogP contribution in [-0.4, -0.2) is 24.6 Å². The molecule has 1 aliphatic rings. The number of pyridine rings is 1. The Labute approximate surface area is 91.3 Å². The average Bonchev–Trinajstić information content (AvgIpc) is 2.32. The lowest BCUT2D eigenvalue weighted by atomic mass is 9.95. The highest BCUT2D eigenvalue weighted by Gasteiger charge is 2.11. The maximum absolute atomic E-state index is 4.24. The van der Waals surface area contributed by atoms with Gasteiger partial charge in [0, 0.05) is 12.7 Å². The molecule has 0 aliphatic carbocycles. The molecule has 1 aromatic heterocycles. The molecule has 1 saturated heterocycles. The van der Waals surface area contributed by atoms with Crippen molar-refractivity contribution in [3.63, 3.8) is 0 Å². The minimum Gasteiger partial charge on any atom is -0.370 e. The third-order valence-corrected chi connectivity index (χ3v) is 2.98. The van der Waals surface area contributed by atoms with Crippen molar-refractivity contribution >= 4 is 5.82 Å². The molecule has 0 unspecified atom stereocenters. The molecule has 0 aromatic carbocycles. The molecule has 15 heavy (non-hydrogen) atoms. The highest BCUT2D eigenvalue weighted by Crippen LogP contribution is 2.15. The maximum Gasteiger partial charge on any atom is 0.125 e. The van der Waals surface area contributed by atoms with E-state index in [1.165, 1.54) is 32.4 Å². The summed E-state index contributed by atoms with van der Waals surface area (Å²) in [6, 6.07) is 5.97. The van der Waals surface area contributed by atoms with Gasteiger partial charge in [-0.15, -0.1) is 0 Å². The summed E-state index contributed by atoms with van der Waals surface area (Å²) >= 11 is 0. The molecule has 3 heteroatoms. The molecule has 3 nitrogen and oxygen atoms in total. The number of nitrogens with one attached hydrogen (secondary N) is 2. The van der Waals surface area contributed by atoms with Gasteiger partial charge in [0.1, 0.15) is 5.82 Å². The molecule has 0 bridgehead atoms.